The van der Waals surface area contributed by atoms with Crippen molar-refractivity contribution in [3.05, 3.63) is 21.3 Å². The van der Waals surface area contributed by atoms with Crippen LogP contribution in [-0.4, -0.2) is 18.5 Å². The van der Waals surface area contributed by atoms with Crippen molar-refractivity contribution < 1.29 is 9.53 Å². The first-order valence-corrected chi connectivity index (χ1v) is 6.35. The molecule has 0 unspecified atom stereocenters. The van der Waals surface area contributed by atoms with Crippen molar-refractivity contribution in [1.82, 2.24) is 0 Å². The van der Waals surface area contributed by atoms with Crippen molar-refractivity contribution >= 4 is 28.7 Å². The standard InChI is InChI=1S/C11H13ClO2S/c12-11-6-5-10(15-11)9(13)7-14-8-3-1-2-4-8/h5-6,8H,1-4,7H2. The number of ketones is 1. The highest BCUT2D eigenvalue weighted by Crippen LogP contribution is 2.23. The Morgan fingerprint density at radius 3 is 2.80 bits per heavy atom. The van der Waals surface area contributed by atoms with Crippen LogP contribution in [0.5, 0.6) is 0 Å². The van der Waals surface area contributed by atoms with Gasteiger partial charge in [0.15, 0.2) is 5.78 Å². The minimum absolute atomic E-state index is 0.0406. The normalized spacial score (nSPS) is 17.1. The van der Waals surface area contributed by atoms with Crippen LogP contribution < -0.4 is 0 Å². The summed E-state index contributed by atoms with van der Waals surface area (Å²) >= 11 is 7.07. The van der Waals surface area contributed by atoms with Crippen LogP contribution in [0.1, 0.15) is 35.4 Å². The summed E-state index contributed by atoms with van der Waals surface area (Å²) in [6.45, 7) is 0.196. The second-order valence-electron chi connectivity index (χ2n) is 3.74. The van der Waals surface area contributed by atoms with E-state index in [1.807, 2.05) is 0 Å². The minimum atomic E-state index is 0.0406. The molecule has 0 N–H and O–H groups in total. The fraction of sp³-hybridized carbons (Fsp3) is 0.545. The lowest BCUT2D eigenvalue weighted by Gasteiger charge is -2.08. The van der Waals surface area contributed by atoms with Gasteiger partial charge in [0.25, 0.3) is 0 Å². The van der Waals surface area contributed by atoms with Crippen LogP contribution in [-0.2, 0) is 4.74 Å². The summed E-state index contributed by atoms with van der Waals surface area (Å²) in [6.07, 6.45) is 4.94. The quantitative estimate of drug-likeness (QED) is 0.758. The summed E-state index contributed by atoms with van der Waals surface area (Å²) in [6, 6.07) is 3.50. The summed E-state index contributed by atoms with van der Waals surface area (Å²) in [5, 5.41) is 0. The van der Waals surface area contributed by atoms with Gasteiger partial charge in [0.05, 0.1) is 15.3 Å². The Morgan fingerprint density at radius 2 is 2.20 bits per heavy atom. The third kappa shape index (κ3) is 3.03. The lowest BCUT2D eigenvalue weighted by Crippen LogP contribution is -2.14. The Hall–Kier alpha value is -0.380. The van der Waals surface area contributed by atoms with E-state index < -0.39 is 0 Å². The summed E-state index contributed by atoms with van der Waals surface area (Å²) in [5.74, 6) is 0.0406. The largest absolute Gasteiger partial charge is 0.370 e. The Bertz CT molecular complexity index is 342. The maximum atomic E-state index is 11.6. The van der Waals surface area contributed by atoms with E-state index in [0.29, 0.717) is 15.3 Å². The van der Waals surface area contributed by atoms with Crippen molar-refractivity contribution in [2.75, 3.05) is 6.61 Å². The molecule has 0 atom stereocenters. The van der Waals surface area contributed by atoms with Gasteiger partial charge in [-0.25, -0.2) is 0 Å². The fourth-order valence-electron chi connectivity index (χ4n) is 1.78. The van der Waals surface area contributed by atoms with E-state index in [2.05, 4.69) is 0 Å². The molecule has 82 valence electrons. The van der Waals surface area contributed by atoms with E-state index >= 15 is 0 Å². The first kappa shape index (κ1) is 11.1. The molecule has 0 amide bonds. The molecule has 2 nitrogen and oxygen atoms in total. The number of Topliss-reactive ketones (excluding diaryl/α,β-unsaturated/α-hetero) is 1. The molecular formula is C11H13ClO2S. The van der Waals surface area contributed by atoms with Crippen molar-refractivity contribution in [2.24, 2.45) is 0 Å². The first-order valence-electron chi connectivity index (χ1n) is 5.16. The van der Waals surface area contributed by atoms with Gasteiger partial charge in [-0.15, -0.1) is 11.3 Å². The van der Waals surface area contributed by atoms with Gasteiger partial charge in [0.1, 0.15) is 6.61 Å². The van der Waals surface area contributed by atoms with Crippen molar-refractivity contribution in [3.63, 3.8) is 0 Å². The predicted molar refractivity (Wildman–Crippen MR) is 61.9 cm³/mol. The van der Waals surface area contributed by atoms with Crippen molar-refractivity contribution in [3.8, 4) is 0 Å². The van der Waals surface area contributed by atoms with E-state index in [1.54, 1.807) is 12.1 Å². The second-order valence-corrected chi connectivity index (χ2v) is 5.46. The fourth-order valence-corrected chi connectivity index (χ4v) is 2.75. The maximum Gasteiger partial charge on any atom is 0.198 e. The Kier molecular flexibility index (Phi) is 3.78. The molecule has 1 fully saturated rings. The van der Waals surface area contributed by atoms with Crippen molar-refractivity contribution in [1.29, 1.82) is 0 Å². The third-order valence-corrected chi connectivity index (χ3v) is 3.87. The van der Waals surface area contributed by atoms with Gasteiger partial charge in [0, 0.05) is 0 Å². The molecule has 0 spiro atoms. The molecule has 0 saturated heterocycles. The number of carbonyl (C=O) groups excluding carboxylic acids is 1. The van der Waals surface area contributed by atoms with Crippen LogP contribution in [0.3, 0.4) is 0 Å². The highest BCUT2D eigenvalue weighted by molar-refractivity contribution is 7.18. The second kappa shape index (κ2) is 5.10. The molecule has 0 radical (unpaired) electrons. The van der Waals surface area contributed by atoms with E-state index in [9.17, 15) is 4.79 Å². The molecule has 1 heterocycles. The van der Waals surface area contributed by atoms with Gasteiger partial charge in [-0.05, 0) is 25.0 Å². The zero-order valence-corrected chi connectivity index (χ0v) is 9.94. The highest BCUT2D eigenvalue weighted by Gasteiger charge is 2.17. The number of halogens is 1. The molecule has 15 heavy (non-hydrogen) atoms. The Morgan fingerprint density at radius 1 is 1.47 bits per heavy atom. The van der Waals surface area contributed by atoms with Crippen LogP contribution >= 0.6 is 22.9 Å². The molecule has 0 aliphatic heterocycles. The van der Waals surface area contributed by atoms with Gasteiger partial charge in [0.2, 0.25) is 0 Å². The lowest BCUT2D eigenvalue weighted by atomic mass is 10.3. The molecule has 0 aromatic carbocycles. The third-order valence-electron chi connectivity index (χ3n) is 2.60. The maximum absolute atomic E-state index is 11.6. The van der Waals surface area contributed by atoms with E-state index in [0.717, 1.165) is 12.8 Å². The zero-order valence-electron chi connectivity index (χ0n) is 8.37. The molecule has 1 aliphatic carbocycles. The monoisotopic (exact) mass is 244 g/mol. The van der Waals surface area contributed by atoms with Crippen LogP contribution in [0, 0.1) is 0 Å². The van der Waals surface area contributed by atoms with Gasteiger partial charge < -0.3 is 4.74 Å². The molecule has 1 aromatic rings. The number of thiophene rings is 1. The SMILES string of the molecule is O=C(COC1CCCC1)c1ccc(Cl)s1. The van der Waals surface area contributed by atoms with Crippen LogP contribution in [0.4, 0.5) is 0 Å². The first-order chi connectivity index (χ1) is 7.25. The Labute approximate surface area is 98.2 Å². The average Bonchev–Trinajstić information content (AvgIpc) is 2.84. The Balaban J connectivity index is 1.81. The molecular weight excluding hydrogens is 232 g/mol. The molecule has 1 aliphatic rings. The van der Waals surface area contributed by atoms with Crippen LogP contribution in [0.15, 0.2) is 12.1 Å². The van der Waals surface area contributed by atoms with Crippen LogP contribution in [0.2, 0.25) is 4.34 Å². The number of carbonyl (C=O) groups is 1. The zero-order chi connectivity index (χ0) is 10.7. The topological polar surface area (TPSA) is 26.3 Å². The molecule has 0 bridgehead atoms. The molecule has 2 rings (SSSR count). The lowest BCUT2D eigenvalue weighted by molar-refractivity contribution is 0.0485. The molecule has 4 heteroatoms. The minimum Gasteiger partial charge on any atom is -0.370 e. The number of ether oxygens (including phenoxy) is 1. The predicted octanol–water partition coefficient (Wildman–Crippen LogP) is 3.54. The molecule has 1 saturated carbocycles. The van der Waals surface area contributed by atoms with Crippen molar-refractivity contribution in [2.45, 2.75) is 31.8 Å². The summed E-state index contributed by atoms with van der Waals surface area (Å²) in [5.41, 5.74) is 0. The van der Waals surface area contributed by atoms with E-state index in [-0.39, 0.29) is 12.4 Å². The summed E-state index contributed by atoms with van der Waals surface area (Å²) in [4.78, 5) is 12.3. The smallest absolute Gasteiger partial charge is 0.198 e. The van der Waals surface area contributed by atoms with E-state index in [4.69, 9.17) is 16.3 Å². The summed E-state index contributed by atoms with van der Waals surface area (Å²) < 4.78 is 6.19. The molecule has 1 aromatic heterocycles. The van der Waals surface area contributed by atoms with Gasteiger partial charge in [-0.3, -0.25) is 4.79 Å². The average molecular weight is 245 g/mol. The van der Waals surface area contributed by atoms with Gasteiger partial charge in [-0.1, -0.05) is 24.4 Å². The van der Waals surface area contributed by atoms with Crippen LogP contribution in [0.25, 0.3) is 0 Å². The van der Waals surface area contributed by atoms with Gasteiger partial charge in [-0.2, -0.15) is 0 Å². The highest BCUT2D eigenvalue weighted by atomic mass is 35.5. The summed E-state index contributed by atoms with van der Waals surface area (Å²) in [7, 11) is 0. The number of hydrogen-bond acceptors (Lipinski definition) is 3. The van der Waals surface area contributed by atoms with E-state index in [1.165, 1.54) is 24.2 Å². The number of hydrogen-bond donors (Lipinski definition) is 0. The van der Waals surface area contributed by atoms with Gasteiger partial charge >= 0.3 is 0 Å². The number of rotatable bonds is 4.